The number of rotatable bonds is 5. The Bertz CT molecular complexity index is 123. The quantitative estimate of drug-likeness (QED) is 0.631. The molecule has 0 amide bonds. The van der Waals surface area contributed by atoms with Crippen LogP contribution in [0.25, 0.3) is 0 Å². The van der Waals surface area contributed by atoms with Crippen LogP contribution in [0.3, 0.4) is 0 Å². The third kappa shape index (κ3) is 2.80. The predicted octanol–water partition coefficient (Wildman–Crippen LogP) is 1.28. The fraction of sp³-hybridized carbons (Fsp3) is 1.00. The lowest BCUT2D eigenvalue weighted by Crippen LogP contribution is -2.43. The van der Waals surface area contributed by atoms with Gasteiger partial charge in [0.05, 0.1) is 6.61 Å². The van der Waals surface area contributed by atoms with Gasteiger partial charge in [-0.25, -0.2) is 0 Å². The van der Waals surface area contributed by atoms with Gasteiger partial charge in [0.2, 0.25) is 0 Å². The molecule has 2 heteroatoms. The zero-order valence-corrected chi connectivity index (χ0v) is 7.34. The second kappa shape index (κ2) is 3.55. The topological polar surface area (TPSA) is 46.2 Å². The molecule has 0 aromatic rings. The molecule has 0 radical (unpaired) electrons. The maximum atomic E-state index is 9.07. The van der Waals surface area contributed by atoms with Crippen LogP contribution >= 0.6 is 0 Å². The Morgan fingerprint density at radius 1 is 1.55 bits per heavy atom. The Morgan fingerprint density at radius 3 is 2.55 bits per heavy atom. The van der Waals surface area contributed by atoms with Crippen molar-refractivity contribution in [1.29, 1.82) is 0 Å². The van der Waals surface area contributed by atoms with E-state index in [2.05, 4.69) is 6.92 Å². The molecule has 1 rings (SSSR count). The summed E-state index contributed by atoms with van der Waals surface area (Å²) in [6.07, 6.45) is 5.70. The smallest absolute Gasteiger partial charge is 0.0611 e. The van der Waals surface area contributed by atoms with Crippen LogP contribution in [-0.2, 0) is 0 Å². The first kappa shape index (κ1) is 9.01. The van der Waals surface area contributed by atoms with Gasteiger partial charge in [-0.15, -0.1) is 0 Å². The first-order valence-corrected chi connectivity index (χ1v) is 4.60. The lowest BCUT2D eigenvalue weighted by Gasteiger charge is -2.26. The van der Waals surface area contributed by atoms with E-state index in [1.54, 1.807) is 0 Å². The van der Waals surface area contributed by atoms with Crippen molar-refractivity contribution in [3.8, 4) is 0 Å². The first-order chi connectivity index (χ1) is 5.20. The summed E-state index contributed by atoms with van der Waals surface area (Å²) in [6, 6.07) is 0. The second-order valence-electron chi connectivity index (χ2n) is 3.92. The monoisotopic (exact) mass is 157 g/mol. The molecule has 1 saturated carbocycles. The summed E-state index contributed by atoms with van der Waals surface area (Å²) in [5.41, 5.74) is 5.73. The molecule has 0 aliphatic heterocycles. The molecule has 1 aliphatic carbocycles. The van der Waals surface area contributed by atoms with E-state index >= 15 is 0 Å². The Kier molecular flexibility index (Phi) is 2.90. The van der Waals surface area contributed by atoms with Gasteiger partial charge in [0.25, 0.3) is 0 Å². The Balaban J connectivity index is 2.29. The SMILES string of the molecule is CCCC(N)(CO)CC1CC1. The molecule has 1 unspecified atom stereocenters. The van der Waals surface area contributed by atoms with Gasteiger partial charge < -0.3 is 10.8 Å². The minimum atomic E-state index is -0.268. The maximum absolute atomic E-state index is 9.07. The highest BCUT2D eigenvalue weighted by atomic mass is 16.3. The molecular weight excluding hydrogens is 138 g/mol. The summed E-state index contributed by atoms with van der Waals surface area (Å²) >= 11 is 0. The molecule has 1 fully saturated rings. The minimum absolute atomic E-state index is 0.150. The van der Waals surface area contributed by atoms with Crippen molar-refractivity contribution < 1.29 is 5.11 Å². The van der Waals surface area contributed by atoms with E-state index < -0.39 is 0 Å². The lowest BCUT2D eigenvalue weighted by molar-refractivity contribution is 0.171. The normalized spacial score (nSPS) is 23.2. The summed E-state index contributed by atoms with van der Waals surface area (Å²) in [5.74, 6) is 0.818. The Labute approximate surface area is 68.8 Å². The summed E-state index contributed by atoms with van der Waals surface area (Å²) < 4.78 is 0. The maximum Gasteiger partial charge on any atom is 0.0611 e. The first-order valence-electron chi connectivity index (χ1n) is 4.60. The van der Waals surface area contributed by atoms with Crippen LogP contribution in [0.5, 0.6) is 0 Å². The molecule has 2 nitrogen and oxygen atoms in total. The summed E-state index contributed by atoms with van der Waals surface area (Å²) in [4.78, 5) is 0. The minimum Gasteiger partial charge on any atom is -0.394 e. The van der Waals surface area contributed by atoms with Crippen molar-refractivity contribution in [2.24, 2.45) is 11.7 Å². The highest BCUT2D eigenvalue weighted by molar-refractivity contribution is 4.89. The molecule has 0 bridgehead atoms. The van der Waals surface area contributed by atoms with E-state index in [1.165, 1.54) is 12.8 Å². The van der Waals surface area contributed by atoms with Gasteiger partial charge >= 0.3 is 0 Å². The van der Waals surface area contributed by atoms with Crippen LogP contribution < -0.4 is 5.73 Å². The predicted molar refractivity (Wildman–Crippen MR) is 46.3 cm³/mol. The van der Waals surface area contributed by atoms with Crippen LogP contribution in [0.1, 0.15) is 39.0 Å². The van der Waals surface area contributed by atoms with Gasteiger partial charge in [0.15, 0.2) is 0 Å². The van der Waals surface area contributed by atoms with E-state index in [1.807, 2.05) is 0 Å². The zero-order valence-electron chi connectivity index (χ0n) is 7.34. The fourth-order valence-electron chi connectivity index (χ4n) is 1.64. The van der Waals surface area contributed by atoms with Crippen molar-refractivity contribution in [2.75, 3.05) is 6.61 Å². The molecule has 1 aliphatic rings. The molecule has 0 saturated heterocycles. The van der Waals surface area contributed by atoms with Gasteiger partial charge in [-0.05, 0) is 18.8 Å². The summed E-state index contributed by atoms with van der Waals surface area (Å²) in [7, 11) is 0. The van der Waals surface area contributed by atoms with Gasteiger partial charge in [0, 0.05) is 5.54 Å². The standard InChI is InChI=1S/C9H19NO/c1-2-5-9(10,7-11)6-8-3-4-8/h8,11H,2-7,10H2,1H3. The fourth-order valence-corrected chi connectivity index (χ4v) is 1.64. The van der Waals surface area contributed by atoms with Crippen LogP contribution in [0.15, 0.2) is 0 Å². The molecule has 0 aromatic carbocycles. The van der Waals surface area contributed by atoms with E-state index in [-0.39, 0.29) is 12.1 Å². The van der Waals surface area contributed by atoms with Crippen LogP contribution in [0.2, 0.25) is 0 Å². The highest BCUT2D eigenvalue weighted by Crippen LogP contribution is 2.37. The second-order valence-corrected chi connectivity index (χ2v) is 3.92. The molecule has 0 heterocycles. The number of aliphatic hydroxyl groups excluding tert-OH is 1. The van der Waals surface area contributed by atoms with Crippen molar-refractivity contribution in [3.63, 3.8) is 0 Å². The number of hydrogen-bond acceptors (Lipinski definition) is 2. The lowest BCUT2D eigenvalue weighted by atomic mass is 9.90. The van der Waals surface area contributed by atoms with Crippen LogP contribution in [0, 0.1) is 5.92 Å². The number of aliphatic hydroxyl groups is 1. The van der Waals surface area contributed by atoms with Crippen molar-refractivity contribution in [1.82, 2.24) is 0 Å². The summed E-state index contributed by atoms with van der Waals surface area (Å²) in [5, 5.41) is 9.07. The van der Waals surface area contributed by atoms with Gasteiger partial charge in [-0.3, -0.25) is 0 Å². The molecule has 3 N–H and O–H groups in total. The largest absolute Gasteiger partial charge is 0.394 e. The molecule has 0 spiro atoms. The molecular formula is C9H19NO. The van der Waals surface area contributed by atoms with Crippen LogP contribution in [0.4, 0.5) is 0 Å². The zero-order chi connectivity index (χ0) is 8.32. The van der Waals surface area contributed by atoms with E-state index in [4.69, 9.17) is 10.8 Å². The van der Waals surface area contributed by atoms with Crippen molar-refractivity contribution >= 4 is 0 Å². The average Bonchev–Trinajstić information content (AvgIpc) is 2.73. The molecule has 1 atom stereocenters. The average molecular weight is 157 g/mol. The summed E-state index contributed by atoms with van der Waals surface area (Å²) in [6.45, 7) is 2.27. The van der Waals surface area contributed by atoms with E-state index in [9.17, 15) is 0 Å². The number of hydrogen-bond donors (Lipinski definition) is 2. The molecule has 66 valence electrons. The highest BCUT2D eigenvalue weighted by Gasteiger charge is 2.32. The van der Waals surface area contributed by atoms with Gasteiger partial charge in [0.1, 0.15) is 0 Å². The van der Waals surface area contributed by atoms with E-state index in [0.717, 1.165) is 25.2 Å². The third-order valence-corrected chi connectivity index (χ3v) is 2.45. The van der Waals surface area contributed by atoms with Crippen molar-refractivity contribution in [3.05, 3.63) is 0 Å². The van der Waals surface area contributed by atoms with E-state index in [0.29, 0.717) is 0 Å². The Hall–Kier alpha value is -0.0800. The van der Waals surface area contributed by atoms with Crippen LogP contribution in [-0.4, -0.2) is 17.3 Å². The van der Waals surface area contributed by atoms with Crippen molar-refractivity contribution in [2.45, 2.75) is 44.6 Å². The number of nitrogens with two attached hydrogens (primary N) is 1. The Morgan fingerprint density at radius 2 is 2.18 bits per heavy atom. The van der Waals surface area contributed by atoms with Gasteiger partial charge in [-0.1, -0.05) is 26.2 Å². The molecule has 11 heavy (non-hydrogen) atoms. The van der Waals surface area contributed by atoms with Gasteiger partial charge in [-0.2, -0.15) is 0 Å². The molecule has 0 aromatic heterocycles. The third-order valence-electron chi connectivity index (χ3n) is 2.45.